The molecule has 382 valence electrons. The first-order valence-corrected chi connectivity index (χ1v) is 25.0. The van der Waals surface area contributed by atoms with Crippen molar-refractivity contribution in [2.24, 2.45) is 66.5 Å². The molecule has 9 aliphatic rings. The third-order valence-electron chi connectivity index (χ3n) is 19.3. The smallest absolute Gasteiger partial charge is 0.317 e. The molecule has 0 aromatic carbocycles. The summed E-state index contributed by atoms with van der Waals surface area (Å²) >= 11 is 0. The number of carbonyl (C=O) groups excluding carboxylic acids is 7. The number of hydrogen-bond acceptors (Lipinski definition) is 12. The molecular formula is C59H61N5O10. The molecule has 9 rings (SSSR count). The van der Waals surface area contributed by atoms with Crippen molar-refractivity contribution in [1.82, 2.24) is 0 Å². The number of carbonyl (C=O) groups is 8. The van der Waals surface area contributed by atoms with Crippen LogP contribution in [0.4, 0.5) is 0 Å². The van der Waals surface area contributed by atoms with E-state index in [9.17, 15) is 59.2 Å². The van der Waals surface area contributed by atoms with Gasteiger partial charge in [-0.2, -0.15) is 15.8 Å². The van der Waals surface area contributed by atoms with Crippen LogP contribution in [0, 0.1) is 114 Å². The molecule has 0 unspecified atom stereocenters. The van der Waals surface area contributed by atoms with Gasteiger partial charge in [0, 0.05) is 39.9 Å². The van der Waals surface area contributed by atoms with E-state index in [0.29, 0.717) is 61.9 Å². The Balaban J connectivity index is 0.000000162. The van der Waals surface area contributed by atoms with Crippen LogP contribution in [0.1, 0.15) is 127 Å². The molecule has 15 heteroatoms. The number of rotatable bonds is 2. The maximum absolute atomic E-state index is 12.7. The monoisotopic (exact) mass is 999 g/mol. The zero-order chi connectivity index (χ0) is 55.2. The molecule has 0 radical (unpaired) electrons. The maximum Gasteiger partial charge on any atom is 0.317 e. The summed E-state index contributed by atoms with van der Waals surface area (Å²) in [6.45, 7) is 31.8. The van der Waals surface area contributed by atoms with E-state index in [1.165, 1.54) is 37.5 Å². The third kappa shape index (κ3) is 7.58. The quantitative estimate of drug-likeness (QED) is 0.200. The highest BCUT2D eigenvalue weighted by Gasteiger charge is 2.65. The molecule has 9 atom stereocenters. The molecule has 4 fully saturated rings. The molecule has 15 nitrogen and oxygen atoms in total. The number of carboxylic acid groups (broad SMARTS) is 1. The zero-order valence-corrected chi connectivity index (χ0v) is 43.7. The van der Waals surface area contributed by atoms with Crippen molar-refractivity contribution < 1.29 is 48.2 Å². The summed E-state index contributed by atoms with van der Waals surface area (Å²) in [7, 11) is 1.42. The van der Waals surface area contributed by atoms with Crippen LogP contribution in [0.15, 0.2) is 81.8 Å². The molecule has 0 heterocycles. The van der Waals surface area contributed by atoms with Crippen LogP contribution < -0.4 is 0 Å². The molecule has 0 aromatic heterocycles. The van der Waals surface area contributed by atoms with Crippen LogP contribution in [-0.2, 0) is 43.1 Å². The lowest BCUT2D eigenvalue weighted by molar-refractivity contribution is -0.159. The van der Waals surface area contributed by atoms with Gasteiger partial charge in [-0.3, -0.25) is 28.8 Å². The molecular weight excluding hydrogens is 939 g/mol. The van der Waals surface area contributed by atoms with E-state index in [1.807, 2.05) is 40.7 Å². The van der Waals surface area contributed by atoms with Crippen LogP contribution in [0.2, 0.25) is 0 Å². The van der Waals surface area contributed by atoms with Crippen LogP contribution in [-0.4, -0.2) is 58.9 Å². The van der Waals surface area contributed by atoms with Crippen molar-refractivity contribution in [1.29, 1.82) is 15.8 Å². The predicted molar refractivity (Wildman–Crippen MR) is 266 cm³/mol. The highest BCUT2D eigenvalue weighted by Crippen LogP contribution is 2.67. The van der Waals surface area contributed by atoms with E-state index in [2.05, 4.69) is 22.7 Å². The van der Waals surface area contributed by atoms with Gasteiger partial charge in [0.1, 0.15) is 23.3 Å². The minimum absolute atomic E-state index is 0.0205. The van der Waals surface area contributed by atoms with Gasteiger partial charge in [-0.05, 0) is 122 Å². The van der Waals surface area contributed by atoms with Crippen LogP contribution in [0.3, 0.4) is 0 Å². The van der Waals surface area contributed by atoms with Crippen molar-refractivity contribution >= 4 is 46.6 Å². The summed E-state index contributed by atoms with van der Waals surface area (Å²) < 4.78 is 5.12. The minimum Gasteiger partial charge on any atom is -0.480 e. The molecule has 0 saturated heterocycles. The highest BCUT2D eigenvalue weighted by molar-refractivity contribution is 6.12. The van der Waals surface area contributed by atoms with Gasteiger partial charge in [-0.15, -0.1) is 0 Å². The van der Waals surface area contributed by atoms with E-state index in [1.54, 1.807) is 39.0 Å². The van der Waals surface area contributed by atoms with Crippen molar-refractivity contribution in [3.8, 4) is 18.2 Å². The average molecular weight is 1000 g/mol. The second kappa shape index (κ2) is 17.9. The second-order valence-electron chi connectivity index (χ2n) is 23.9. The number of nitrogens with zero attached hydrogens (tertiary/aromatic N) is 5. The fraction of sp³-hybridized carbons (Fsp3) is 0.542. The van der Waals surface area contributed by atoms with E-state index < -0.39 is 60.9 Å². The Morgan fingerprint density at radius 1 is 0.622 bits per heavy atom. The Morgan fingerprint density at radius 2 is 1.12 bits per heavy atom. The number of esters is 1. The van der Waals surface area contributed by atoms with Gasteiger partial charge in [-0.1, -0.05) is 74.5 Å². The lowest BCUT2D eigenvalue weighted by atomic mass is 9.43. The Kier molecular flexibility index (Phi) is 13.2. The Bertz CT molecular complexity index is 3140. The summed E-state index contributed by atoms with van der Waals surface area (Å²) in [6, 6.07) is 5.95. The van der Waals surface area contributed by atoms with Gasteiger partial charge in [-0.25, -0.2) is 9.69 Å². The summed E-state index contributed by atoms with van der Waals surface area (Å²) in [6.07, 6.45) is 15.6. The molecule has 74 heavy (non-hydrogen) atoms. The number of ether oxygens (including phenoxy) is 1. The summed E-state index contributed by atoms with van der Waals surface area (Å²) in [5.74, 6) is -2.53. The second-order valence-corrected chi connectivity index (χ2v) is 23.9. The molecule has 0 amide bonds. The molecule has 1 N–H and O–H groups in total. The third-order valence-corrected chi connectivity index (χ3v) is 19.3. The summed E-state index contributed by atoms with van der Waals surface area (Å²) in [5.41, 5.74) is -5.42. The number of fused-ring (bicyclic) bond motifs is 9. The van der Waals surface area contributed by atoms with Gasteiger partial charge < -0.3 is 19.4 Å². The number of allylic oxidation sites excluding steroid dienone is 11. The fourth-order valence-electron chi connectivity index (χ4n) is 15.5. The average Bonchev–Trinajstić information content (AvgIpc) is 3.35. The van der Waals surface area contributed by atoms with Crippen LogP contribution in [0.25, 0.3) is 9.69 Å². The van der Waals surface area contributed by atoms with Gasteiger partial charge in [0.15, 0.2) is 28.9 Å². The molecule has 4 saturated carbocycles. The summed E-state index contributed by atoms with van der Waals surface area (Å²) in [4.78, 5) is 106. The van der Waals surface area contributed by atoms with Gasteiger partial charge in [0.25, 0.3) is 0 Å². The number of carboxylic acids is 1. The molecule has 0 bridgehead atoms. The van der Waals surface area contributed by atoms with Gasteiger partial charge >= 0.3 is 11.9 Å². The summed E-state index contributed by atoms with van der Waals surface area (Å²) in [5, 5.41) is 38.2. The fourth-order valence-corrected chi connectivity index (χ4v) is 15.5. The van der Waals surface area contributed by atoms with Crippen molar-refractivity contribution in [2.45, 2.75) is 127 Å². The first kappa shape index (κ1) is 54.4. The van der Waals surface area contributed by atoms with Gasteiger partial charge in [0.05, 0.1) is 48.3 Å². The number of ketones is 6. The van der Waals surface area contributed by atoms with Crippen molar-refractivity contribution in [3.63, 3.8) is 0 Å². The largest absolute Gasteiger partial charge is 0.480 e. The van der Waals surface area contributed by atoms with E-state index in [0.717, 1.165) is 18.4 Å². The Morgan fingerprint density at radius 3 is 1.62 bits per heavy atom. The standard InChI is InChI=1S/C20H17N3O2.C20H18N2O4.C19H26O4/c1-18(2)15-5-6-20(11-22)8-12(10-21)14(24)7-16(20)19(15,3)9-13(23-4)17(18)25;1-18(2)14-5-6-20(17(25)26)8-11(10-21)13(23)7-15(20)19(14,3)9-12(22-4)16(18)24;1-17(2)13-6-10-19(16(22)23-4)9-5-12(20)11-14(19)18(13,3)8-7-15(17)21/h7-9,15H,5-6H2,1-3H3;7-9,14H,5-6H2,1-3H3,(H,25,26);11,13H,5-10H2,1-4H3/t15-,19-,20-;14-,19-,20+;13-,18-,19-/m000/s1. The van der Waals surface area contributed by atoms with Crippen LogP contribution in [0.5, 0.6) is 0 Å². The Labute approximate surface area is 432 Å². The van der Waals surface area contributed by atoms with E-state index in [-0.39, 0.29) is 75.4 Å². The number of hydrogen-bond donors (Lipinski definition) is 1. The predicted octanol–water partition coefficient (Wildman–Crippen LogP) is 9.37. The first-order chi connectivity index (χ1) is 34.4. The van der Waals surface area contributed by atoms with E-state index >= 15 is 0 Å². The topological polar surface area (TPSA) is 246 Å². The lowest BCUT2D eigenvalue weighted by Crippen LogP contribution is -2.57. The SMILES string of the molecule is COC(=O)[C@]12CCC(=O)C=C1[C@@]1(C)CCC(=O)C(C)(C)[C@@H]1CC2.[C-]#[N+]C1=C[C@]2(C)C3=CC(=O)C(C#N)=C[C@]3(C#N)CC[C@H]2C(C)(C)C1=O.[C-]#[N+]C1=C[C@]2(C)C3=CC(=O)C(C#N)=C[C@]3(C(=O)O)CC[C@H]2C(C)(C)C1=O. The van der Waals surface area contributed by atoms with Crippen LogP contribution >= 0.6 is 0 Å². The van der Waals surface area contributed by atoms with Gasteiger partial charge in [0.2, 0.25) is 11.4 Å². The lowest BCUT2D eigenvalue weighted by Gasteiger charge is -2.59. The zero-order valence-electron chi connectivity index (χ0n) is 43.7. The first-order valence-electron chi connectivity index (χ1n) is 25.0. The normalized spacial score (nSPS) is 36.5. The minimum atomic E-state index is -1.47. The molecule has 0 spiro atoms. The number of aliphatic carboxylic acids is 1. The number of nitriles is 3. The molecule has 0 aromatic rings. The Hall–Kier alpha value is -7.41. The number of Topliss-reactive ketones (excluding diaryl/α,β-unsaturated/α-hetero) is 3. The molecule has 9 aliphatic carbocycles. The van der Waals surface area contributed by atoms with Crippen molar-refractivity contribution in [2.75, 3.05) is 7.11 Å². The van der Waals surface area contributed by atoms with E-state index in [4.69, 9.17) is 17.9 Å². The number of methoxy groups -OCH3 is 1. The molecule has 0 aliphatic heterocycles. The maximum atomic E-state index is 12.7. The van der Waals surface area contributed by atoms with Crippen molar-refractivity contribution in [3.05, 3.63) is 105 Å². The highest BCUT2D eigenvalue weighted by atomic mass is 16.5.